The Bertz CT molecular complexity index is 422. The molecule has 0 aromatic heterocycles. The highest BCUT2D eigenvalue weighted by Gasteiger charge is 2.56. The van der Waals surface area contributed by atoms with Gasteiger partial charge in [-0.1, -0.05) is 33.1 Å². The van der Waals surface area contributed by atoms with Crippen molar-refractivity contribution in [3.63, 3.8) is 0 Å². The number of hydrogen-bond acceptors (Lipinski definition) is 0. The van der Waals surface area contributed by atoms with E-state index in [0.717, 1.165) is 36.5 Å². The highest BCUT2D eigenvalue weighted by atomic mass is 14.6. The zero-order valence-electron chi connectivity index (χ0n) is 14.8. The summed E-state index contributed by atoms with van der Waals surface area (Å²) in [7, 11) is 0. The van der Waals surface area contributed by atoms with Gasteiger partial charge >= 0.3 is 0 Å². The summed E-state index contributed by atoms with van der Waals surface area (Å²) in [6.45, 7) is 5.02. The van der Waals surface area contributed by atoms with Crippen molar-refractivity contribution in [1.82, 2.24) is 0 Å². The predicted molar refractivity (Wildman–Crippen MR) is 81.0 cm³/mol. The second-order valence-electron chi connectivity index (χ2n) is 8.55. The van der Waals surface area contributed by atoms with Crippen LogP contribution in [0.5, 0.6) is 0 Å². The molecule has 0 aromatic carbocycles. The van der Waals surface area contributed by atoms with Gasteiger partial charge in [-0.2, -0.15) is 0 Å². The largest absolute Gasteiger partial charge is 0.0594 e. The molecule has 4 aliphatic carbocycles. The molecule has 0 saturated heterocycles. The highest BCUT2D eigenvalue weighted by Crippen LogP contribution is 2.66. The zero-order chi connectivity index (χ0) is 14.8. The van der Waals surface area contributed by atoms with Crippen molar-refractivity contribution in [2.75, 3.05) is 0 Å². The minimum atomic E-state index is 0.206. The molecule has 2 unspecified atom stereocenters. The molecule has 8 atom stereocenters. The minimum Gasteiger partial charge on any atom is -0.0594 e. The van der Waals surface area contributed by atoms with Gasteiger partial charge < -0.3 is 0 Å². The van der Waals surface area contributed by atoms with Crippen molar-refractivity contribution in [3.8, 4) is 0 Å². The number of hydrogen-bond donors (Lipinski definition) is 0. The molecule has 0 aliphatic heterocycles. The van der Waals surface area contributed by atoms with E-state index >= 15 is 0 Å². The first-order valence-corrected chi connectivity index (χ1v) is 8.79. The van der Waals surface area contributed by atoms with Crippen molar-refractivity contribution in [3.05, 3.63) is 0 Å². The average Bonchev–Trinajstić information content (AvgIpc) is 2.76. The van der Waals surface area contributed by atoms with Crippen LogP contribution in [-0.4, -0.2) is 0 Å². The van der Waals surface area contributed by atoms with Gasteiger partial charge in [0.15, 0.2) is 0 Å². The zero-order valence-corrected chi connectivity index (χ0v) is 12.8. The van der Waals surface area contributed by atoms with Crippen molar-refractivity contribution >= 4 is 0 Å². The van der Waals surface area contributed by atoms with Crippen LogP contribution in [0.25, 0.3) is 0 Å². The van der Waals surface area contributed by atoms with Crippen LogP contribution in [0.15, 0.2) is 0 Å². The first-order valence-electron chi connectivity index (χ1n) is 9.95. The molecule has 0 N–H and O–H groups in total. The van der Waals surface area contributed by atoms with Gasteiger partial charge in [-0.3, -0.25) is 0 Å². The molecule has 0 amide bonds. The molecule has 4 rings (SSSR count). The van der Waals surface area contributed by atoms with Crippen LogP contribution >= 0.6 is 0 Å². The summed E-state index contributed by atoms with van der Waals surface area (Å²) in [5, 5.41) is 0. The van der Waals surface area contributed by atoms with Gasteiger partial charge in [-0.25, -0.2) is 0 Å². The smallest absolute Gasteiger partial charge is 0.0272 e. The van der Waals surface area contributed by atoms with E-state index in [9.17, 15) is 0 Å². The Hall–Kier alpha value is 0. The molecule has 0 bridgehead atoms. The molecule has 4 saturated carbocycles. The summed E-state index contributed by atoms with van der Waals surface area (Å²) in [5.74, 6) is 3.48. The summed E-state index contributed by atoms with van der Waals surface area (Å²) in [6.07, 6.45) is 12.0. The van der Waals surface area contributed by atoms with Crippen LogP contribution in [0, 0.1) is 34.5 Å². The lowest BCUT2D eigenvalue weighted by Gasteiger charge is -2.60. The molecule has 0 heterocycles. The number of rotatable bonds is 0. The lowest BCUT2D eigenvalue weighted by atomic mass is 9.45. The first kappa shape index (κ1) is 10.7. The highest BCUT2D eigenvalue weighted by molar-refractivity contribution is 5.06. The fourth-order valence-electron chi connectivity index (χ4n) is 6.78. The molecular weight excluding hydrogens is 228 g/mol. The molecular formula is C19H32. The van der Waals surface area contributed by atoms with E-state index < -0.39 is 0 Å². The Balaban J connectivity index is 1.62. The van der Waals surface area contributed by atoms with Gasteiger partial charge in [-0.05, 0) is 85.8 Å². The Morgan fingerprint density at radius 2 is 1.79 bits per heavy atom. The molecule has 0 radical (unpaired) electrons. The molecule has 19 heavy (non-hydrogen) atoms. The van der Waals surface area contributed by atoms with E-state index in [-0.39, 0.29) is 12.8 Å². The minimum absolute atomic E-state index is 0.206. The number of fused-ring (bicyclic) bond motifs is 5. The van der Waals surface area contributed by atoms with Crippen LogP contribution in [0.3, 0.4) is 0 Å². The monoisotopic (exact) mass is 262 g/mol. The third kappa shape index (κ3) is 1.70. The molecule has 4 fully saturated rings. The Morgan fingerprint density at radius 3 is 2.68 bits per heavy atom. The summed E-state index contributed by atoms with van der Waals surface area (Å²) in [6, 6.07) is 0. The Labute approximate surface area is 122 Å². The van der Waals surface area contributed by atoms with Gasteiger partial charge in [0.1, 0.15) is 0 Å². The second kappa shape index (κ2) is 4.25. The maximum Gasteiger partial charge on any atom is 0.0272 e. The van der Waals surface area contributed by atoms with E-state index in [0.29, 0.717) is 10.8 Å². The Kier molecular flexibility index (Phi) is 2.39. The summed E-state index contributed by atoms with van der Waals surface area (Å²) >= 11 is 0. The van der Waals surface area contributed by atoms with Crippen LogP contribution in [-0.2, 0) is 0 Å². The maximum atomic E-state index is 8.49. The molecule has 0 spiro atoms. The molecule has 4 aliphatic rings. The van der Waals surface area contributed by atoms with Crippen LogP contribution in [0.4, 0.5) is 0 Å². The van der Waals surface area contributed by atoms with Crippen molar-refractivity contribution in [2.45, 2.75) is 84.4 Å². The Morgan fingerprint density at radius 1 is 0.895 bits per heavy atom. The predicted octanol–water partition coefficient (Wildman–Crippen LogP) is 5.81. The summed E-state index contributed by atoms with van der Waals surface area (Å²) < 4.78 is 16.7. The topological polar surface area (TPSA) is 0 Å². The summed E-state index contributed by atoms with van der Waals surface area (Å²) in [5.41, 5.74) is 0.860. The fourth-order valence-corrected chi connectivity index (χ4v) is 6.78. The molecule has 108 valence electrons. The van der Waals surface area contributed by atoms with Gasteiger partial charge in [0.2, 0.25) is 0 Å². The van der Waals surface area contributed by atoms with Crippen LogP contribution < -0.4 is 0 Å². The fraction of sp³-hybridized carbons (Fsp3) is 1.00. The molecule has 0 heteroatoms. The second-order valence-corrected chi connectivity index (χ2v) is 8.55. The lowest BCUT2D eigenvalue weighted by Crippen LogP contribution is -2.51. The quantitative estimate of drug-likeness (QED) is 0.517. The lowest BCUT2D eigenvalue weighted by molar-refractivity contribution is -0.103. The average molecular weight is 262 g/mol. The van der Waals surface area contributed by atoms with Crippen molar-refractivity contribution in [2.24, 2.45) is 34.5 Å². The third-order valence-electron chi connectivity index (χ3n) is 7.93. The maximum absolute atomic E-state index is 8.49. The van der Waals surface area contributed by atoms with Crippen LogP contribution in [0.2, 0.25) is 0 Å². The van der Waals surface area contributed by atoms with E-state index in [2.05, 4.69) is 13.8 Å². The van der Waals surface area contributed by atoms with E-state index in [4.69, 9.17) is 2.74 Å². The van der Waals surface area contributed by atoms with E-state index in [1.165, 1.54) is 44.9 Å². The van der Waals surface area contributed by atoms with Gasteiger partial charge in [0.25, 0.3) is 0 Å². The van der Waals surface area contributed by atoms with E-state index in [1.807, 2.05) is 0 Å². The molecule has 0 aromatic rings. The molecule has 0 nitrogen and oxygen atoms in total. The normalized spacial score (nSPS) is 66.4. The third-order valence-corrected chi connectivity index (χ3v) is 7.93. The van der Waals surface area contributed by atoms with Crippen LogP contribution in [0.1, 0.15) is 87.2 Å². The van der Waals surface area contributed by atoms with Gasteiger partial charge in [0, 0.05) is 2.74 Å². The summed E-state index contributed by atoms with van der Waals surface area (Å²) in [4.78, 5) is 0. The van der Waals surface area contributed by atoms with Crippen molar-refractivity contribution < 1.29 is 2.74 Å². The van der Waals surface area contributed by atoms with Crippen molar-refractivity contribution in [1.29, 1.82) is 0 Å². The standard InChI is InChI=1S/C19H32/c1-18-11-5-7-16(18)15-9-8-14-6-3-4-12-19(14,2)17(15)10-13-18/h14-17H,3-13H2,1-2H3/t14-,15+,16+,17+,18+,19+/m1/s1/i3D,11D/t3?,11?,14-,15+,16+,17+,18+,19+. The van der Waals surface area contributed by atoms with E-state index in [1.54, 1.807) is 0 Å². The van der Waals surface area contributed by atoms with Gasteiger partial charge in [-0.15, -0.1) is 0 Å². The SMILES string of the molecule is [2H]C1CC[C@@]2(C)[C@@H](CC[C@@H]3[C@@H]2CC[C@]2(C)C([2H])CC[C@@H]32)C1. The first-order chi connectivity index (χ1) is 9.95. The van der Waals surface area contributed by atoms with Gasteiger partial charge in [0.05, 0.1) is 0 Å².